The number of esters is 1. The van der Waals surface area contributed by atoms with Crippen molar-refractivity contribution < 1.29 is 24.2 Å². The lowest BCUT2D eigenvalue weighted by atomic mass is 10.2. The van der Waals surface area contributed by atoms with Crippen molar-refractivity contribution in [3.63, 3.8) is 0 Å². The number of hydrogen-bond acceptors (Lipinski definition) is 5. The Morgan fingerprint density at radius 2 is 2.05 bits per heavy atom. The van der Waals surface area contributed by atoms with Crippen LogP contribution in [0.4, 0.5) is 0 Å². The van der Waals surface area contributed by atoms with E-state index in [1.165, 1.54) is 11.3 Å². The number of aliphatic carboxylic acids is 1. The highest BCUT2D eigenvalue weighted by Gasteiger charge is 2.24. The summed E-state index contributed by atoms with van der Waals surface area (Å²) in [4.78, 5) is 35.3. The van der Waals surface area contributed by atoms with Gasteiger partial charge in [0.15, 0.2) is 0 Å². The Balaban J connectivity index is 2.76. The Hall–Kier alpha value is -1.89. The van der Waals surface area contributed by atoms with Crippen molar-refractivity contribution in [1.82, 2.24) is 5.32 Å². The van der Waals surface area contributed by atoms with Crippen molar-refractivity contribution in [2.24, 2.45) is 0 Å². The first-order chi connectivity index (χ1) is 8.85. The number of aryl methyl sites for hydroxylation is 2. The number of carbonyl (C=O) groups is 3. The van der Waals surface area contributed by atoms with Crippen molar-refractivity contribution in [1.29, 1.82) is 0 Å². The normalized spacial score (nSPS) is 11.7. The maximum atomic E-state index is 11.9. The molecule has 7 heteroatoms. The number of nitrogens with one attached hydrogen (secondary N) is 1. The Kier molecular flexibility index (Phi) is 5.05. The summed E-state index contributed by atoms with van der Waals surface area (Å²) in [5.41, 5.74) is 0.968. The van der Waals surface area contributed by atoms with Gasteiger partial charge in [0.25, 0.3) is 5.91 Å². The number of amides is 1. The molecule has 0 aliphatic carbocycles. The van der Waals surface area contributed by atoms with Crippen LogP contribution in [0.15, 0.2) is 6.07 Å². The number of rotatable bonds is 5. The molecule has 1 aromatic rings. The molecule has 1 amide bonds. The summed E-state index contributed by atoms with van der Waals surface area (Å²) >= 11 is 1.28. The highest BCUT2D eigenvalue weighted by atomic mass is 32.1. The van der Waals surface area contributed by atoms with Crippen molar-refractivity contribution in [2.75, 3.05) is 7.11 Å². The Labute approximate surface area is 114 Å². The fraction of sp³-hybridized carbons (Fsp3) is 0.417. The second-order valence-corrected chi connectivity index (χ2v) is 5.25. The van der Waals surface area contributed by atoms with E-state index in [-0.39, 0.29) is 0 Å². The number of carbonyl (C=O) groups excluding carboxylic acids is 2. The lowest BCUT2D eigenvalue weighted by Gasteiger charge is -2.12. The number of methoxy groups -OCH3 is 1. The molecule has 0 saturated heterocycles. The summed E-state index contributed by atoms with van der Waals surface area (Å²) in [7, 11) is 1.16. The first kappa shape index (κ1) is 15.2. The quantitative estimate of drug-likeness (QED) is 0.791. The molecule has 1 heterocycles. The summed E-state index contributed by atoms with van der Waals surface area (Å²) in [6.45, 7) is 3.74. The third-order valence-corrected chi connectivity index (χ3v) is 3.74. The molecule has 1 atom stereocenters. The molecule has 0 aliphatic rings. The molecule has 19 heavy (non-hydrogen) atoms. The van der Waals surface area contributed by atoms with Crippen LogP contribution < -0.4 is 5.32 Å². The van der Waals surface area contributed by atoms with Crippen LogP contribution in [-0.2, 0) is 14.3 Å². The van der Waals surface area contributed by atoms with Crippen LogP contribution in [0.1, 0.15) is 26.5 Å². The van der Waals surface area contributed by atoms with Crippen LogP contribution in [0.2, 0.25) is 0 Å². The molecule has 0 unspecified atom stereocenters. The molecule has 0 bridgehead atoms. The summed E-state index contributed by atoms with van der Waals surface area (Å²) in [5.74, 6) is -2.47. The van der Waals surface area contributed by atoms with E-state index in [1.54, 1.807) is 6.07 Å². The van der Waals surface area contributed by atoms with Gasteiger partial charge in [-0.1, -0.05) is 0 Å². The average Bonchev–Trinajstić information content (AvgIpc) is 2.68. The minimum atomic E-state index is -1.29. The fourth-order valence-corrected chi connectivity index (χ4v) is 2.30. The topological polar surface area (TPSA) is 92.7 Å². The van der Waals surface area contributed by atoms with E-state index in [9.17, 15) is 14.4 Å². The van der Waals surface area contributed by atoms with Crippen LogP contribution in [-0.4, -0.2) is 36.1 Å². The maximum Gasteiger partial charge on any atom is 0.326 e. The average molecular weight is 285 g/mol. The maximum absolute atomic E-state index is 11.9. The van der Waals surface area contributed by atoms with E-state index in [4.69, 9.17) is 5.11 Å². The second-order valence-electron chi connectivity index (χ2n) is 3.99. The van der Waals surface area contributed by atoms with Crippen LogP contribution in [0.3, 0.4) is 0 Å². The first-order valence-electron chi connectivity index (χ1n) is 5.52. The van der Waals surface area contributed by atoms with E-state index in [0.717, 1.165) is 17.6 Å². The van der Waals surface area contributed by atoms with E-state index in [2.05, 4.69) is 10.1 Å². The molecular weight excluding hydrogens is 270 g/mol. The Morgan fingerprint density at radius 1 is 1.42 bits per heavy atom. The number of hydrogen-bond donors (Lipinski definition) is 2. The van der Waals surface area contributed by atoms with Crippen LogP contribution in [0, 0.1) is 13.8 Å². The van der Waals surface area contributed by atoms with Gasteiger partial charge in [-0.2, -0.15) is 0 Å². The zero-order valence-corrected chi connectivity index (χ0v) is 11.7. The van der Waals surface area contributed by atoms with Gasteiger partial charge in [0.05, 0.1) is 18.4 Å². The fourth-order valence-electron chi connectivity index (χ4n) is 1.36. The Bertz CT molecular complexity index is 489. The monoisotopic (exact) mass is 285 g/mol. The molecule has 0 radical (unpaired) electrons. The van der Waals surface area contributed by atoms with Gasteiger partial charge in [0, 0.05) is 4.88 Å². The van der Waals surface area contributed by atoms with Crippen LogP contribution in [0.25, 0.3) is 0 Å². The van der Waals surface area contributed by atoms with Gasteiger partial charge in [-0.3, -0.25) is 9.59 Å². The predicted molar refractivity (Wildman–Crippen MR) is 69.3 cm³/mol. The molecule has 1 rings (SSSR count). The third-order valence-electron chi connectivity index (χ3n) is 2.59. The molecule has 2 N–H and O–H groups in total. The lowest BCUT2D eigenvalue weighted by Crippen LogP contribution is -2.42. The van der Waals surface area contributed by atoms with Gasteiger partial charge in [0.1, 0.15) is 6.04 Å². The third kappa shape index (κ3) is 4.06. The molecule has 104 valence electrons. The highest BCUT2D eigenvalue weighted by molar-refractivity contribution is 7.14. The summed E-state index contributed by atoms with van der Waals surface area (Å²) < 4.78 is 4.39. The minimum Gasteiger partial charge on any atom is -0.480 e. The van der Waals surface area contributed by atoms with E-state index in [0.29, 0.717) is 4.88 Å². The molecule has 0 saturated carbocycles. The summed E-state index contributed by atoms with van der Waals surface area (Å²) in [5, 5.41) is 11.3. The molecule has 0 aromatic carbocycles. The predicted octanol–water partition coefficient (Wildman–Crippen LogP) is 1.11. The van der Waals surface area contributed by atoms with Gasteiger partial charge < -0.3 is 15.2 Å². The number of carboxylic acids is 1. The van der Waals surface area contributed by atoms with E-state index in [1.807, 2.05) is 13.8 Å². The first-order valence-corrected chi connectivity index (χ1v) is 6.34. The van der Waals surface area contributed by atoms with Crippen molar-refractivity contribution in [3.8, 4) is 0 Å². The Morgan fingerprint density at radius 3 is 2.47 bits per heavy atom. The van der Waals surface area contributed by atoms with E-state index >= 15 is 0 Å². The number of thiophene rings is 1. The minimum absolute atomic E-state index is 0.402. The lowest BCUT2D eigenvalue weighted by molar-refractivity contribution is -0.147. The van der Waals surface area contributed by atoms with Gasteiger partial charge in [-0.05, 0) is 25.5 Å². The molecular formula is C12H15NO5S. The molecule has 0 fully saturated rings. The molecule has 0 aliphatic heterocycles. The van der Waals surface area contributed by atoms with Crippen molar-refractivity contribution >= 4 is 29.2 Å². The molecule has 0 spiro atoms. The van der Waals surface area contributed by atoms with Gasteiger partial charge >= 0.3 is 11.9 Å². The van der Waals surface area contributed by atoms with Gasteiger partial charge in [-0.15, -0.1) is 11.3 Å². The van der Waals surface area contributed by atoms with Gasteiger partial charge in [-0.25, -0.2) is 4.79 Å². The van der Waals surface area contributed by atoms with Crippen LogP contribution in [0.5, 0.6) is 0 Å². The highest BCUT2D eigenvalue weighted by Crippen LogP contribution is 2.20. The SMILES string of the molecule is COC(=O)C[C@H](NC(=O)c1cc(C)c(C)s1)C(=O)O. The van der Waals surface area contributed by atoms with Crippen molar-refractivity contribution in [3.05, 3.63) is 21.4 Å². The standard InChI is InChI=1S/C12H15NO5S/c1-6-4-9(19-7(6)2)11(15)13-8(12(16)17)5-10(14)18-3/h4,8H,5H2,1-3H3,(H,13,15)(H,16,17)/t8-/m0/s1. The smallest absolute Gasteiger partial charge is 0.326 e. The zero-order chi connectivity index (χ0) is 14.6. The zero-order valence-electron chi connectivity index (χ0n) is 10.9. The molecule has 1 aromatic heterocycles. The number of carboxylic acid groups (broad SMARTS) is 1. The largest absolute Gasteiger partial charge is 0.480 e. The van der Waals surface area contributed by atoms with Crippen molar-refractivity contribution in [2.45, 2.75) is 26.3 Å². The molecule has 6 nitrogen and oxygen atoms in total. The summed E-state index contributed by atoms with van der Waals surface area (Å²) in [6.07, 6.45) is -0.402. The van der Waals surface area contributed by atoms with Gasteiger partial charge in [0.2, 0.25) is 0 Å². The number of ether oxygens (including phenoxy) is 1. The summed E-state index contributed by atoms with van der Waals surface area (Å²) in [6, 6.07) is 0.398. The van der Waals surface area contributed by atoms with E-state index < -0.39 is 30.3 Å². The second kappa shape index (κ2) is 6.33. The van der Waals surface area contributed by atoms with Crippen LogP contribution >= 0.6 is 11.3 Å².